The molecule has 0 radical (unpaired) electrons. The van der Waals surface area contributed by atoms with Crippen molar-refractivity contribution in [2.24, 2.45) is 0 Å². The third-order valence-corrected chi connectivity index (χ3v) is 4.19. The quantitative estimate of drug-likeness (QED) is 0.840. The molecule has 1 aliphatic rings. The van der Waals surface area contributed by atoms with E-state index in [0.717, 1.165) is 37.7 Å². The van der Waals surface area contributed by atoms with Crippen molar-refractivity contribution >= 4 is 0 Å². The predicted octanol–water partition coefficient (Wildman–Crippen LogP) is 1.66. The molecule has 1 unspecified atom stereocenters. The van der Waals surface area contributed by atoms with Crippen LogP contribution in [0.5, 0.6) is 0 Å². The molecule has 0 amide bonds. The average Bonchev–Trinajstić information content (AvgIpc) is 2.84. The van der Waals surface area contributed by atoms with Gasteiger partial charge in [0.05, 0.1) is 0 Å². The number of rotatable bonds is 5. The maximum absolute atomic E-state index is 5.49. The Balaban J connectivity index is 1.71. The summed E-state index contributed by atoms with van der Waals surface area (Å²) in [6, 6.07) is 4.61. The number of pyridine rings is 1. The topological polar surface area (TPSA) is 56.1 Å². The Hall–Kier alpha value is -1.79. The molecule has 0 saturated carbocycles. The van der Waals surface area contributed by atoms with Crippen LogP contribution >= 0.6 is 0 Å². The molecule has 2 aromatic heterocycles. The molecule has 0 bridgehead atoms. The molecular weight excluding hydrogens is 278 g/mol. The van der Waals surface area contributed by atoms with Crippen LogP contribution in [0.4, 0.5) is 0 Å². The van der Waals surface area contributed by atoms with Gasteiger partial charge in [-0.05, 0) is 31.5 Å². The second-order valence-electron chi connectivity index (χ2n) is 5.70. The Bertz CT molecular complexity index is 598. The number of hydrogen-bond donors (Lipinski definition) is 0. The number of aromatic nitrogens is 4. The lowest BCUT2D eigenvalue weighted by molar-refractivity contribution is 0.124. The van der Waals surface area contributed by atoms with Crippen molar-refractivity contribution in [3.05, 3.63) is 41.7 Å². The van der Waals surface area contributed by atoms with E-state index in [9.17, 15) is 0 Å². The molecule has 1 atom stereocenters. The molecule has 0 spiro atoms. The highest BCUT2D eigenvalue weighted by Gasteiger charge is 2.23. The van der Waals surface area contributed by atoms with E-state index in [0.29, 0.717) is 19.3 Å². The van der Waals surface area contributed by atoms with Gasteiger partial charge >= 0.3 is 0 Å². The fraction of sp³-hybridized carbons (Fsp3) is 0.562. The van der Waals surface area contributed by atoms with Crippen molar-refractivity contribution < 1.29 is 4.74 Å². The van der Waals surface area contributed by atoms with E-state index in [1.165, 1.54) is 5.56 Å². The molecule has 3 heterocycles. The van der Waals surface area contributed by atoms with E-state index in [2.05, 4.69) is 43.7 Å². The molecule has 0 N–H and O–H groups in total. The van der Waals surface area contributed by atoms with Gasteiger partial charge in [0.15, 0.2) is 5.82 Å². The van der Waals surface area contributed by atoms with Crippen LogP contribution in [0.25, 0.3) is 0 Å². The summed E-state index contributed by atoms with van der Waals surface area (Å²) in [5.74, 6) is 2.01. The number of ether oxygens (including phenoxy) is 1. The van der Waals surface area contributed by atoms with Gasteiger partial charge in [-0.1, -0.05) is 0 Å². The Morgan fingerprint density at radius 2 is 2.05 bits per heavy atom. The third-order valence-electron chi connectivity index (χ3n) is 4.19. The lowest BCUT2D eigenvalue weighted by atomic mass is 10.1. The average molecular weight is 301 g/mol. The highest BCUT2D eigenvalue weighted by Crippen LogP contribution is 2.17. The number of nitrogens with zero attached hydrogens (tertiary/aromatic N) is 5. The van der Waals surface area contributed by atoms with E-state index in [-0.39, 0.29) is 0 Å². The van der Waals surface area contributed by atoms with Gasteiger partial charge in [0.2, 0.25) is 0 Å². The summed E-state index contributed by atoms with van der Waals surface area (Å²) in [6.45, 7) is 8.36. The lowest BCUT2D eigenvalue weighted by Crippen LogP contribution is -2.34. The smallest absolute Gasteiger partial charge is 0.159 e. The maximum atomic E-state index is 5.49. The van der Waals surface area contributed by atoms with E-state index < -0.39 is 0 Å². The minimum atomic E-state index is 0.443. The molecule has 3 rings (SSSR count). The largest absolute Gasteiger partial charge is 0.374 e. The molecule has 6 nitrogen and oxygen atoms in total. The van der Waals surface area contributed by atoms with Crippen LogP contribution in [0.1, 0.15) is 31.1 Å². The van der Waals surface area contributed by atoms with Crippen LogP contribution in [-0.2, 0) is 30.9 Å². The monoisotopic (exact) mass is 301 g/mol. The normalized spacial score (nSPS) is 18.9. The first-order valence-electron chi connectivity index (χ1n) is 7.89. The van der Waals surface area contributed by atoms with Crippen LogP contribution in [0.3, 0.4) is 0 Å². The molecule has 0 saturated heterocycles. The Morgan fingerprint density at radius 3 is 2.82 bits per heavy atom. The van der Waals surface area contributed by atoms with Crippen LogP contribution < -0.4 is 0 Å². The Labute approximate surface area is 131 Å². The summed E-state index contributed by atoms with van der Waals surface area (Å²) in [5, 5.41) is 8.64. The summed E-state index contributed by atoms with van der Waals surface area (Å²) in [4.78, 5) is 6.58. The van der Waals surface area contributed by atoms with Gasteiger partial charge in [0.1, 0.15) is 12.4 Å². The number of fused-ring (bicyclic) bond motifs is 1. The summed E-state index contributed by atoms with van der Waals surface area (Å²) >= 11 is 0. The Kier molecular flexibility index (Phi) is 4.80. The fourth-order valence-corrected chi connectivity index (χ4v) is 2.88. The van der Waals surface area contributed by atoms with Crippen LogP contribution in [0, 0.1) is 0 Å². The Morgan fingerprint density at radius 1 is 1.23 bits per heavy atom. The molecule has 0 aliphatic carbocycles. The molecule has 6 heteroatoms. The van der Waals surface area contributed by atoms with Gasteiger partial charge in [-0.15, -0.1) is 10.2 Å². The highest BCUT2D eigenvalue weighted by molar-refractivity contribution is 5.10. The third kappa shape index (κ3) is 3.34. The van der Waals surface area contributed by atoms with Gasteiger partial charge in [-0.2, -0.15) is 0 Å². The van der Waals surface area contributed by atoms with E-state index in [1.54, 1.807) is 0 Å². The molecule has 1 aliphatic heterocycles. The van der Waals surface area contributed by atoms with Crippen LogP contribution in [0.2, 0.25) is 0 Å². The van der Waals surface area contributed by atoms with Crippen molar-refractivity contribution in [1.82, 2.24) is 24.6 Å². The van der Waals surface area contributed by atoms with Crippen LogP contribution in [0.15, 0.2) is 24.5 Å². The molecular formula is C16H23N5O. The number of hydrogen-bond acceptors (Lipinski definition) is 5. The molecule has 0 fully saturated rings. The summed E-state index contributed by atoms with van der Waals surface area (Å²) < 4.78 is 7.71. The summed E-state index contributed by atoms with van der Waals surface area (Å²) in [6.07, 6.45) is 4.63. The zero-order valence-electron chi connectivity index (χ0n) is 13.3. The van der Waals surface area contributed by atoms with Crippen molar-refractivity contribution in [2.75, 3.05) is 13.2 Å². The first-order chi connectivity index (χ1) is 10.8. The van der Waals surface area contributed by atoms with Gasteiger partial charge in [-0.25, -0.2) is 0 Å². The standard InChI is InChI=1S/C16H23N5O/c1-3-22-12-16-19-18-15-10-13(2)20(8-9-21(15)16)11-14-4-6-17-7-5-14/h4-7,13H,3,8-12H2,1-2H3. The zero-order chi connectivity index (χ0) is 15.4. The van der Waals surface area contributed by atoms with E-state index in [1.807, 2.05) is 19.3 Å². The second-order valence-corrected chi connectivity index (χ2v) is 5.70. The first kappa shape index (κ1) is 15.1. The van der Waals surface area contributed by atoms with Gasteiger partial charge < -0.3 is 9.30 Å². The SMILES string of the molecule is CCOCc1nnc2n1CCN(Cc1ccncc1)C(C)C2. The van der Waals surface area contributed by atoms with Gasteiger partial charge in [0.25, 0.3) is 0 Å². The molecule has 118 valence electrons. The molecule has 22 heavy (non-hydrogen) atoms. The minimum absolute atomic E-state index is 0.443. The van der Waals surface area contributed by atoms with Crippen molar-refractivity contribution in [1.29, 1.82) is 0 Å². The lowest BCUT2D eigenvalue weighted by Gasteiger charge is -2.26. The van der Waals surface area contributed by atoms with Gasteiger partial charge in [0, 0.05) is 51.1 Å². The van der Waals surface area contributed by atoms with Gasteiger partial charge in [-0.3, -0.25) is 9.88 Å². The summed E-state index contributed by atoms with van der Waals surface area (Å²) in [7, 11) is 0. The first-order valence-corrected chi connectivity index (χ1v) is 7.89. The second kappa shape index (κ2) is 6.98. The summed E-state index contributed by atoms with van der Waals surface area (Å²) in [5.41, 5.74) is 1.30. The van der Waals surface area contributed by atoms with E-state index >= 15 is 0 Å². The molecule has 0 aromatic carbocycles. The zero-order valence-corrected chi connectivity index (χ0v) is 13.3. The fourth-order valence-electron chi connectivity index (χ4n) is 2.88. The minimum Gasteiger partial charge on any atom is -0.374 e. The molecule has 2 aromatic rings. The van der Waals surface area contributed by atoms with Crippen molar-refractivity contribution in [3.8, 4) is 0 Å². The van der Waals surface area contributed by atoms with Crippen molar-refractivity contribution in [2.45, 2.75) is 46.0 Å². The predicted molar refractivity (Wildman–Crippen MR) is 83.2 cm³/mol. The highest BCUT2D eigenvalue weighted by atomic mass is 16.5. The van der Waals surface area contributed by atoms with Crippen molar-refractivity contribution in [3.63, 3.8) is 0 Å². The van der Waals surface area contributed by atoms with E-state index in [4.69, 9.17) is 4.74 Å². The van der Waals surface area contributed by atoms with Crippen LogP contribution in [-0.4, -0.2) is 43.8 Å². The maximum Gasteiger partial charge on any atom is 0.159 e.